The van der Waals surface area contributed by atoms with Gasteiger partial charge in [-0.15, -0.1) is 0 Å². The minimum Gasteiger partial charge on any atom is -0.444 e. The molecule has 0 aromatic carbocycles. The van der Waals surface area contributed by atoms with Gasteiger partial charge in [0.1, 0.15) is 0 Å². The van der Waals surface area contributed by atoms with Crippen LogP contribution in [0.25, 0.3) is 0 Å². The smallest absolute Gasteiger partial charge is 0.289 e. The van der Waals surface area contributed by atoms with E-state index in [4.69, 9.17) is 4.42 Å². The molecule has 1 saturated carbocycles. The summed E-state index contributed by atoms with van der Waals surface area (Å²) in [5.41, 5.74) is 0. The second-order valence-corrected chi connectivity index (χ2v) is 4.39. The van der Waals surface area contributed by atoms with Crippen LogP contribution in [-0.2, 0) is 0 Å². The second-order valence-electron chi connectivity index (χ2n) is 3.60. The van der Waals surface area contributed by atoms with Gasteiger partial charge in [-0.1, -0.05) is 0 Å². The van der Waals surface area contributed by atoms with E-state index >= 15 is 0 Å². The summed E-state index contributed by atoms with van der Waals surface area (Å²) in [6.45, 7) is 0. The van der Waals surface area contributed by atoms with Crippen LogP contribution in [0.15, 0.2) is 21.2 Å². The number of hydrogen-bond acceptors (Lipinski definition) is 2. The highest BCUT2D eigenvalue weighted by molar-refractivity contribution is 9.10. The topological polar surface area (TPSA) is 33.5 Å². The molecule has 1 aromatic rings. The molecule has 3 nitrogen and oxygen atoms in total. The Morgan fingerprint density at radius 1 is 1.57 bits per heavy atom. The molecule has 0 bridgehead atoms. The highest BCUT2D eigenvalue weighted by atomic mass is 79.9. The Kier molecular flexibility index (Phi) is 2.63. The summed E-state index contributed by atoms with van der Waals surface area (Å²) in [6, 6.07) is 3.84. The normalized spacial score (nSPS) is 16.4. The Labute approximate surface area is 91.2 Å². The van der Waals surface area contributed by atoms with Crippen molar-refractivity contribution in [3.8, 4) is 0 Å². The molecule has 4 heteroatoms. The largest absolute Gasteiger partial charge is 0.444 e. The monoisotopic (exact) mass is 257 g/mol. The molecule has 2 rings (SSSR count). The molecule has 1 aliphatic rings. The van der Waals surface area contributed by atoms with E-state index in [2.05, 4.69) is 15.9 Å². The van der Waals surface area contributed by atoms with Crippen molar-refractivity contribution in [3.05, 3.63) is 22.6 Å². The summed E-state index contributed by atoms with van der Waals surface area (Å²) >= 11 is 3.18. The van der Waals surface area contributed by atoms with Crippen molar-refractivity contribution < 1.29 is 9.21 Å². The van der Waals surface area contributed by atoms with Gasteiger partial charge in [-0.2, -0.15) is 0 Å². The lowest BCUT2D eigenvalue weighted by molar-refractivity contribution is 0.0618. The minimum atomic E-state index is -0.0274. The van der Waals surface area contributed by atoms with Gasteiger partial charge in [0, 0.05) is 13.1 Å². The maximum Gasteiger partial charge on any atom is 0.289 e. The van der Waals surface area contributed by atoms with Crippen LogP contribution >= 0.6 is 15.9 Å². The van der Waals surface area contributed by atoms with Crippen LogP contribution in [0.1, 0.15) is 29.8 Å². The van der Waals surface area contributed by atoms with Gasteiger partial charge in [0.15, 0.2) is 10.4 Å². The molecule has 1 amide bonds. The number of rotatable bonds is 2. The third kappa shape index (κ3) is 1.71. The molecule has 76 valence electrons. The molecule has 0 aliphatic heterocycles. The van der Waals surface area contributed by atoms with Crippen molar-refractivity contribution in [1.29, 1.82) is 0 Å². The van der Waals surface area contributed by atoms with E-state index in [0.29, 0.717) is 16.5 Å². The van der Waals surface area contributed by atoms with E-state index in [1.807, 2.05) is 7.05 Å². The third-order valence-electron chi connectivity index (χ3n) is 2.73. The second kappa shape index (κ2) is 3.77. The van der Waals surface area contributed by atoms with Gasteiger partial charge in [-0.05, 0) is 47.3 Å². The lowest BCUT2D eigenvalue weighted by atomic mass is 9.92. The lowest BCUT2D eigenvalue weighted by Gasteiger charge is -2.34. The zero-order chi connectivity index (χ0) is 10.1. The van der Waals surface area contributed by atoms with Crippen molar-refractivity contribution >= 4 is 21.8 Å². The van der Waals surface area contributed by atoms with Crippen LogP contribution in [0.3, 0.4) is 0 Å². The first-order valence-corrected chi connectivity index (χ1v) is 5.50. The van der Waals surface area contributed by atoms with E-state index in [9.17, 15) is 4.79 Å². The Balaban J connectivity index is 2.07. The SMILES string of the molecule is CN(C(=O)c1ccc(Br)o1)C1CCC1. The standard InChI is InChI=1S/C10H12BrNO2/c1-12(7-3-2-4-7)10(13)8-5-6-9(11)14-8/h5-7H,2-4H2,1H3. The number of carbonyl (C=O) groups excluding carboxylic acids is 1. The highest BCUT2D eigenvalue weighted by Crippen LogP contribution is 2.25. The van der Waals surface area contributed by atoms with Gasteiger partial charge >= 0.3 is 0 Å². The third-order valence-corrected chi connectivity index (χ3v) is 3.15. The van der Waals surface area contributed by atoms with Gasteiger partial charge < -0.3 is 9.32 Å². The summed E-state index contributed by atoms with van der Waals surface area (Å²) in [5.74, 6) is 0.381. The average molecular weight is 258 g/mol. The number of nitrogens with zero attached hydrogens (tertiary/aromatic N) is 1. The van der Waals surface area contributed by atoms with Gasteiger partial charge in [0.2, 0.25) is 0 Å². The fourth-order valence-corrected chi connectivity index (χ4v) is 1.85. The predicted octanol–water partition coefficient (Wildman–Crippen LogP) is 2.67. The predicted molar refractivity (Wildman–Crippen MR) is 56.1 cm³/mol. The van der Waals surface area contributed by atoms with Gasteiger partial charge in [-0.25, -0.2) is 0 Å². The number of halogens is 1. The molecule has 0 unspecified atom stereocenters. The van der Waals surface area contributed by atoms with E-state index < -0.39 is 0 Å². The molecule has 1 aromatic heterocycles. The zero-order valence-corrected chi connectivity index (χ0v) is 9.58. The number of amides is 1. The fraction of sp³-hybridized carbons (Fsp3) is 0.500. The first-order valence-electron chi connectivity index (χ1n) is 4.71. The van der Waals surface area contributed by atoms with E-state index in [1.54, 1.807) is 17.0 Å². The maximum absolute atomic E-state index is 11.8. The molecule has 0 N–H and O–H groups in total. The lowest BCUT2D eigenvalue weighted by Crippen LogP contribution is -2.41. The van der Waals surface area contributed by atoms with E-state index in [0.717, 1.165) is 12.8 Å². The fourth-order valence-electron chi connectivity index (χ4n) is 1.54. The quantitative estimate of drug-likeness (QED) is 0.817. The molecule has 0 saturated heterocycles. The molecule has 0 radical (unpaired) electrons. The first-order chi connectivity index (χ1) is 6.68. The van der Waals surface area contributed by atoms with Crippen LogP contribution in [-0.4, -0.2) is 23.9 Å². The Morgan fingerprint density at radius 3 is 2.71 bits per heavy atom. The number of carbonyl (C=O) groups is 1. The van der Waals surface area contributed by atoms with Gasteiger partial charge in [-0.3, -0.25) is 4.79 Å². The molecule has 1 aliphatic carbocycles. The van der Waals surface area contributed by atoms with Crippen LogP contribution in [0, 0.1) is 0 Å². The van der Waals surface area contributed by atoms with Crippen molar-refractivity contribution in [1.82, 2.24) is 4.90 Å². The van der Waals surface area contributed by atoms with Crippen LogP contribution in [0.4, 0.5) is 0 Å². The molecule has 0 atom stereocenters. The molecule has 1 heterocycles. The molecular formula is C10H12BrNO2. The average Bonchev–Trinajstić information content (AvgIpc) is 2.47. The number of furan rings is 1. The zero-order valence-electron chi connectivity index (χ0n) is 8.00. The van der Waals surface area contributed by atoms with Gasteiger partial charge in [0.25, 0.3) is 5.91 Å². The summed E-state index contributed by atoms with van der Waals surface area (Å²) in [7, 11) is 1.84. The maximum atomic E-state index is 11.8. The van der Waals surface area contributed by atoms with E-state index in [1.165, 1.54) is 6.42 Å². The van der Waals surface area contributed by atoms with Crippen molar-refractivity contribution in [2.45, 2.75) is 25.3 Å². The highest BCUT2D eigenvalue weighted by Gasteiger charge is 2.27. The first kappa shape index (κ1) is 9.77. The van der Waals surface area contributed by atoms with Crippen LogP contribution in [0.2, 0.25) is 0 Å². The molecular weight excluding hydrogens is 246 g/mol. The summed E-state index contributed by atoms with van der Waals surface area (Å²) in [6.07, 6.45) is 3.46. The van der Waals surface area contributed by atoms with Gasteiger partial charge in [0.05, 0.1) is 0 Å². The Hall–Kier alpha value is -0.770. The van der Waals surface area contributed by atoms with Crippen molar-refractivity contribution in [3.63, 3.8) is 0 Å². The van der Waals surface area contributed by atoms with Crippen molar-refractivity contribution in [2.75, 3.05) is 7.05 Å². The molecule has 14 heavy (non-hydrogen) atoms. The molecule has 1 fully saturated rings. The Bertz CT molecular complexity index is 344. The minimum absolute atomic E-state index is 0.0274. The summed E-state index contributed by atoms with van der Waals surface area (Å²) < 4.78 is 5.81. The Morgan fingerprint density at radius 2 is 2.29 bits per heavy atom. The van der Waals surface area contributed by atoms with Crippen molar-refractivity contribution in [2.24, 2.45) is 0 Å². The van der Waals surface area contributed by atoms with E-state index in [-0.39, 0.29) is 5.91 Å². The summed E-state index contributed by atoms with van der Waals surface area (Å²) in [4.78, 5) is 13.6. The van der Waals surface area contributed by atoms with Crippen LogP contribution < -0.4 is 0 Å². The summed E-state index contributed by atoms with van der Waals surface area (Å²) in [5, 5.41) is 0. The van der Waals surface area contributed by atoms with Crippen LogP contribution in [0.5, 0.6) is 0 Å². The molecule has 0 spiro atoms. The number of hydrogen-bond donors (Lipinski definition) is 0.